The van der Waals surface area contributed by atoms with E-state index in [1.165, 1.54) is 31.4 Å². The number of carbonyl (C=O) groups is 1. The third-order valence-corrected chi connectivity index (χ3v) is 6.50. The number of aryl methyl sites for hydroxylation is 1. The molecule has 1 aromatic heterocycles. The summed E-state index contributed by atoms with van der Waals surface area (Å²) in [7, 11) is 0. The van der Waals surface area contributed by atoms with Crippen molar-refractivity contribution in [1.82, 2.24) is 14.8 Å². The molecule has 5 heteroatoms. The Morgan fingerprint density at radius 3 is 2.50 bits per heavy atom. The minimum atomic E-state index is 0.384. The highest BCUT2D eigenvalue weighted by Gasteiger charge is 2.55. The van der Waals surface area contributed by atoms with Gasteiger partial charge >= 0.3 is 0 Å². The number of fused-ring (bicyclic) bond motifs is 1. The van der Waals surface area contributed by atoms with E-state index in [1.807, 2.05) is 0 Å². The number of hydrogen-bond donors (Lipinski definition) is 0. The Labute approximate surface area is 136 Å². The number of rotatable bonds is 3. The van der Waals surface area contributed by atoms with Gasteiger partial charge in [-0.3, -0.25) is 9.69 Å². The third-order valence-electron chi connectivity index (χ3n) is 5.68. The van der Waals surface area contributed by atoms with Gasteiger partial charge in [0.2, 0.25) is 5.91 Å². The summed E-state index contributed by atoms with van der Waals surface area (Å²) in [6, 6.07) is 0. The molecule has 2 heterocycles. The standard InChI is InChI=1S/C17H25N3OS/c1-12-18-13(11-22-12)10-19-6-8-20(9-7-19)17(21)16-14-4-2-3-5-15(14)16/h11,14-16H,2-10H2,1H3/t14-,15-/m0/s1. The monoisotopic (exact) mass is 319 g/mol. The fourth-order valence-electron chi connectivity index (χ4n) is 4.41. The molecule has 4 nitrogen and oxygen atoms in total. The summed E-state index contributed by atoms with van der Waals surface area (Å²) in [5.41, 5.74) is 1.18. The predicted octanol–water partition coefficient (Wildman–Crippen LogP) is 2.53. The van der Waals surface area contributed by atoms with Crippen LogP contribution in [0.25, 0.3) is 0 Å². The Hall–Kier alpha value is -0.940. The van der Waals surface area contributed by atoms with E-state index in [0.717, 1.165) is 49.6 Å². The molecule has 0 aromatic carbocycles. The van der Waals surface area contributed by atoms with Crippen molar-refractivity contribution in [1.29, 1.82) is 0 Å². The molecule has 120 valence electrons. The first-order chi connectivity index (χ1) is 10.7. The van der Waals surface area contributed by atoms with Crippen molar-refractivity contribution in [2.24, 2.45) is 17.8 Å². The Bertz CT molecular complexity index is 538. The van der Waals surface area contributed by atoms with Gasteiger partial charge in [0.1, 0.15) is 0 Å². The van der Waals surface area contributed by atoms with Gasteiger partial charge in [0.25, 0.3) is 0 Å². The normalized spacial score (nSPS) is 31.9. The molecule has 3 aliphatic rings. The fourth-order valence-corrected chi connectivity index (χ4v) is 5.01. The van der Waals surface area contributed by atoms with E-state index in [-0.39, 0.29) is 0 Å². The van der Waals surface area contributed by atoms with Gasteiger partial charge in [-0.15, -0.1) is 11.3 Å². The van der Waals surface area contributed by atoms with Crippen LogP contribution in [-0.4, -0.2) is 46.9 Å². The summed E-state index contributed by atoms with van der Waals surface area (Å²) in [6.45, 7) is 6.77. The molecule has 2 aliphatic carbocycles. The molecular formula is C17H25N3OS. The zero-order chi connectivity index (χ0) is 15.1. The minimum absolute atomic E-state index is 0.384. The van der Waals surface area contributed by atoms with E-state index in [1.54, 1.807) is 11.3 Å². The summed E-state index contributed by atoms with van der Waals surface area (Å²) in [5.74, 6) is 2.31. The largest absolute Gasteiger partial charge is 0.340 e. The van der Waals surface area contributed by atoms with Crippen molar-refractivity contribution in [3.8, 4) is 0 Å². The minimum Gasteiger partial charge on any atom is -0.340 e. The Morgan fingerprint density at radius 2 is 1.91 bits per heavy atom. The highest BCUT2D eigenvalue weighted by molar-refractivity contribution is 7.09. The molecule has 2 atom stereocenters. The number of amides is 1. The van der Waals surface area contributed by atoms with E-state index >= 15 is 0 Å². The van der Waals surface area contributed by atoms with Gasteiger partial charge in [-0.2, -0.15) is 0 Å². The molecule has 0 spiro atoms. The van der Waals surface area contributed by atoms with E-state index in [2.05, 4.69) is 27.1 Å². The first-order valence-corrected chi connectivity index (χ1v) is 9.52. The number of piperazine rings is 1. The van der Waals surface area contributed by atoms with Gasteiger partial charge in [0.15, 0.2) is 0 Å². The highest BCUT2D eigenvalue weighted by Crippen LogP contribution is 2.56. The van der Waals surface area contributed by atoms with Crippen molar-refractivity contribution >= 4 is 17.2 Å². The second-order valence-corrected chi connectivity index (χ2v) is 8.16. The molecule has 4 rings (SSSR count). The Kier molecular flexibility index (Phi) is 3.95. The molecule has 2 saturated carbocycles. The molecule has 0 bridgehead atoms. The maximum atomic E-state index is 12.7. The second-order valence-electron chi connectivity index (χ2n) is 7.10. The lowest BCUT2D eigenvalue weighted by molar-refractivity contribution is -0.135. The topological polar surface area (TPSA) is 36.4 Å². The molecule has 1 aromatic rings. The first-order valence-electron chi connectivity index (χ1n) is 8.64. The summed E-state index contributed by atoms with van der Waals surface area (Å²) < 4.78 is 0. The summed E-state index contributed by atoms with van der Waals surface area (Å²) >= 11 is 1.72. The van der Waals surface area contributed by atoms with Crippen LogP contribution in [0.15, 0.2) is 5.38 Å². The zero-order valence-corrected chi connectivity index (χ0v) is 14.1. The molecule has 3 fully saturated rings. The number of thiazole rings is 1. The number of hydrogen-bond acceptors (Lipinski definition) is 4. The molecule has 0 N–H and O–H groups in total. The van der Waals surface area contributed by atoms with Crippen molar-refractivity contribution < 1.29 is 4.79 Å². The van der Waals surface area contributed by atoms with Crippen LogP contribution >= 0.6 is 11.3 Å². The van der Waals surface area contributed by atoms with Crippen LogP contribution in [-0.2, 0) is 11.3 Å². The smallest absolute Gasteiger partial charge is 0.226 e. The fraction of sp³-hybridized carbons (Fsp3) is 0.765. The van der Waals surface area contributed by atoms with Gasteiger partial charge < -0.3 is 4.90 Å². The van der Waals surface area contributed by atoms with Crippen LogP contribution in [0.5, 0.6) is 0 Å². The third kappa shape index (κ3) is 2.81. The van der Waals surface area contributed by atoms with Crippen LogP contribution < -0.4 is 0 Å². The van der Waals surface area contributed by atoms with Gasteiger partial charge in [-0.25, -0.2) is 4.98 Å². The predicted molar refractivity (Wildman–Crippen MR) is 87.6 cm³/mol. The molecule has 0 radical (unpaired) electrons. The quantitative estimate of drug-likeness (QED) is 0.859. The van der Waals surface area contributed by atoms with Crippen molar-refractivity contribution in [2.75, 3.05) is 26.2 Å². The van der Waals surface area contributed by atoms with Gasteiger partial charge in [0.05, 0.1) is 10.7 Å². The average molecular weight is 319 g/mol. The summed E-state index contributed by atoms with van der Waals surface area (Å²) in [5, 5.41) is 3.29. The van der Waals surface area contributed by atoms with Crippen LogP contribution in [0.4, 0.5) is 0 Å². The van der Waals surface area contributed by atoms with E-state index in [9.17, 15) is 4.79 Å². The number of aromatic nitrogens is 1. The summed E-state index contributed by atoms with van der Waals surface area (Å²) in [4.78, 5) is 21.8. The van der Waals surface area contributed by atoms with Crippen LogP contribution in [0, 0.1) is 24.7 Å². The second kappa shape index (κ2) is 5.93. The lowest BCUT2D eigenvalue weighted by Crippen LogP contribution is -2.49. The number of nitrogens with zero attached hydrogens (tertiary/aromatic N) is 3. The molecule has 1 amide bonds. The van der Waals surface area contributed by atoms with Gasteiger partial charge in [0, 0.05) is 44.0 Å². The SMILES string of the molecule is Cc1nc(CN2CCN(C(=O)C3[C@H]4CCCC[C@H]34)CC2)cs1. The maximum absolute atomic E-state index is 12.7. The van der Waals surface area contributed by atoms with Crippen molar-refractivity contribution in [3.63, 3.8) is 0 Å². The zero-order valence-electron chi connectivity index (χ0n) is 13.3. The van der Waals surface area contributed by atoms with Crippen LogP contribution in [0.1, 0.15) is 36.4 Å². The molecule has 0 unspecified atom stereocenters. The lowest BCUT2D eigenvalue weighted by atomic mass is 10.0. The Morgan fingerprint density at radius 1 is 1.23 bits per heavy atom. The van der Waals surface area contributed by atoms with Crippen LogP contribution in [0.3, 0.4) is 0 Å². The molecular weight excluding hydrogens is 294 g/mol. The molecule has 1 aliphatic heterocycles. The van der Waals surface area contributed by atoms with E-state index < -0.39 is 0 Å². The van der Waals surface area contributed by atoms with Crippen molar-refractivity contribution in [2.45, 2.75) is 39.2 Å². The van der Waals surface area contributed by atoms with Gasteiger partial charge in [-0.1, -0.05) is 12.8 Å². The average Bonchev–Trinajstić information content (AvgIpc) is 3.14. The maximum Gasteiger partial charge on any atom is 0.226 e. The molecule has 22 heavy (non-hydrogen) atoms. The van der Waals surface area contributed by atoms with Crippen LogP contribution in [0.2, 0.25) is 0 Å². The first kappa shape index (κ1) is 14.6. The van der Waals surface area contributed by atoms with Crippen molar-refractivity contribution in [3.05, 3.63) is 16.1 Å². The Balaban J connectivity index is 1.28. The van der Waals surface area contributed by atoms with E-state index in [4.69, 9.17) is 0 Å². The van der Waals surface area contributed by atoms with Gasteiger partial charge in [-0.05, 0) is 31.6 Å². The highest BCUT2D eigenvalue weighted by atomic mass is 32.1. The number of carbonyl (C=O) groups excluding carboxylic acids is 1. The lowest BCUT2D eigenvalue weighted by Gasteiger charge is -2.34. The summed E-state index contributed by atoms with van der Waals surface area (Å²) in [6.07, 6.45) is 5.27. The van der Waals surface area contributed by atoms with E-state index in [0.29, 0.717) is 11.8 Å². The molecule has 1 saturated heterocycles.